The van der Waals surface area contributed by atoms with Crippen molar-refractivity contribution in [1.29, 1.82) is 0 Å². The van der Waals surface area contributed by atoms with Gasteiger partial charge in [0, 0.05) is 23.4 Å². The number of rotatable bonds is 7. The quantitative estimate of drug-likeness (QED) is 0.168. The zero-order valence-corrected chi connectivity index (χ0v) is 27.4. The number of nitrogens with one attached hydrogen (secondary N) is 1. The van der Waals surface area contributed by atoms with E-state index in [9.17, 15) is 13.2 Å². The molecule has 8 rings (SSSR count). The summed E-state index contributed by atoms with van der Waals surface area (Å²) in [5.74, 6) is 0.451. The van der Waals surface area contributed by atoms with E-state index in [0.29, 0.717) is 28.3 Å². The van der Waals surface area contributed by atoms with Crippen LogP contribution in [0, 0.1) is 0 Å². The second-order valence-corrected chi connectivity index (χ2v) is 14.5. The van der Waals surface area contributed by atoms with Crippen molar-refractivity contribution in [3.63, 3.8) is 0 Å². The van der Waals surface area contributed by atoms with Crippen molar-refractivity contribution >= 4 is 44.0 Å². The fraction of sp³-hybridized carbons (Fsp3) is 0.154. The summed E-state index contributed by atoms with van der Waals surface area (Å²) in [5, 5.41) is 6.84. The molecule has 0 unspecified atom stereocenters. The molecule has 2 amide bonds. The fourth-order valence-electron chi connectivity index (χ4n) is 6.69. The van der Waals surface area contributed by atoms with Crippen molar-refractivity contribution in [1.82, 2.24) is 20.2 Å². The van der Waals surface area contributed by atoms with Gasteiger partial charge in [0.25, 0.3) is 0 Å². The summed E-state index contributed by atoms with van der Waals surface area (Å²) in [4.78, 5) is 24.4. The average molecular weight is 666 g/mol. The Morgan fingerprint density at radius 2 is 1.41 bits per heavy atom. The SMILES string of the molecule is Nc1ccc(S(=O)(=O)c2ccc3nc(-c4ccc(CN5CCC(c6ccc7c(c6)[N]C(=O)N7)CC5)cc4)c(-c4ccccc4)nc3c2)cc1. The Morgan fingerprint density at radius 1 is 0.735 bits per heavy atom. The molecular formula is C39H33N6O3S. The summed E-state index contributed by atoms with van der Waals surface area (Å²) in [6.45, 7) is 2.83. The van der Waals surface area contributed by atoms with Gasteiger partial charge in [0.1, 0.15) is 0 Å². The van der Waals surface area contributed by atoms with Crippen LogP contribution < -0.4 is 16.4 Å². The van der Waals surface area contributed by atoms with E-state index in [-0.39, 0.29) is 15.8 Å². The largest absolute Gasteiger partial charge is 0.399 e. The molecule has 2 aliphatic heterocycles. The molecule has 1 radical (unpaired) electrons. The number of likely N-dealkylation sites (tertiary alicyclic amines) is 1. The Kier molecular flexibility index (Phi) is 7.82. The molecule has 0 bridgehead atoms. The molecule has 9 nitrogen and oxygen atoms in total. The molecule has 3 N–H and O–H groups in total. The number of carbonyl (C=O) groups excluding carboxylic acids is 1. The number of amides is 2. The first-order valence-corrected chi connectivity index (χ1v) is 17.7. The van der Waals surface area contributed by atoms with Crippen molar-refractivity contribution < 1.29 is 13.2 Å². The van der Waals surface area contributed by atoms with Crippen LogP contribution in [0.5, 0.6) is 0 Å². The van der Waals surface area contributed by atoms with Gasteiger partial charge in [-0.15, -0.1) is 0 Å². The molecule has 10 heteroatoms. The molecule has 0 aliphatic carbocycles. The number of nitrogen functional groups attached to an aromatic ring is 1. The van der Waals surface area contributed by atoms with E-state index in [1.165, 1.54) is 23.3 Å². The van der Waals surface area contributed by atoms with E-state index < -0.39 is 9.84 Å². The highest BCUT2D eigenvalue weighted by Gasteiger charge is 2.25. The standard InChI is InChI=1S/C39H33N6O3S/c40-30-11-13-31(14-12-30)49(47,48)32-15-17-33-36(23-32)42-37(27-4-2-1-3-5-27)38(41-33)28-8-6-25(7-9-28)24-45-20-18-26(19-21-45)29-10-16-34-35(22-29)44-39(46)43-34/h1-17,22-23,26H,18-21,24,40H2,(H,43,46). The van der Waals surface area contributed by atoms with E-state index >= 15 is 0 Å². The van der Waals surface area contributed by atoms with Gasteiger partial charge in [-0.2, -0.15) is 5.32 Å². The van der Waals surface area contributed by atoms with Gasteiger partial charge in [0.05, 0.1) is 43.6 Å². The maximum absolute atomic E-state index is 13.4. The highest BCUT2D eigenvalue weighted by atomic mass is 32.2. The van der Waals surface area contributed by atoms with Crippen LogP contribution >= 0.6 is 0 Å². The summed E-state index contributed by atoms with van der Waals surface area (Å²) >= 11 is 0. The second kappa shape index (κ2) is 12.5. The third-order valence-electron chi connectivity index (χ3n) is 9.36. The highest BCUT2D eigenvalue weighted by molar-refractivity contribution is 7.91. The third kappa shape index (κ3) is 6.12. The van der Waals surface area contributed by atoms with Gasteiger partial charge >= 0.3 is 6.03 Å². The molecule has 1 fully saturated rings. The number of hydrogen-bond donors (Lipinski definition) is 2. The zero-order valence-electron chi connectivity index (χ0n) is 26.6. The van der Waals surface area contributed by atoms with Crippen molar-refractivity contribution in [2.24, 2.45) is 0 Å². The van der Waals surface area contributed by atoms with E-state index in [1.807, 2.05) is 42.5 Å². The lowest BCUT2D eigenvalue weighted by atomic mass is 9.89. The predicted octanol–water partition coefficient (Wildman–Crippen LogP) is 7.54. The molecular weight excluding hydrogens is 633 g/mol. The third-order valence-corrected chi connectivity index (χ3v) is 11.1. The Hall–Kier alpha value is -5.58. The Morgan fingerprint density at radius 3 is 2.14 bits per heavy atom. The number of nitrogens with zero attached hydrogens (tertiary/aromatic N) is 4. The van der Waals surface area contributed by atoms with E-state index in [0.717, 1.165) is 60.7 Å². The highest BCUT2D eigenvalue weighted by Crippen LogP contribution is 2.36. The lowest BCUT2D eigenvalue weighted by Crippen LogP contribution is -2.32. The van der Waals surface area contributed by atoms with Gasteiger partial charge in [0.15, 0.2) is 0 Å². The van der Waals surface area contributed by atoms with Gasteiger partial charge in [-0.3, -0.25) is 4.90 Å². The number of fused-ring (bicyclic) bond motifs is 2. The Labute approximate surface area is 284 Å². The van der Waals surface area contributed by atoms with E-state index in [4.69, 9.17) is 15.7 Å². The lowest BCUT2D eigenvalue weighted by Gasteiger charge is -2.32. The van der Waals surface area contributed by atoms with Crippen LogP contribution in [-0.4, -0.2) is 42.4 Å². The fourth-order valence-corrected chi connectivity index (χ4v) is 7.97. The summed E-state index contributed by atoms with van der Waals surface area (Å²) in [6, 6.07) is 35.2. The van der Waals surface area contributed by atoms with Crippen LogP contribution in [0.4, 0.5) is 21.9 Å². The maximum Gasteiger partial charge on any atom is 0.346 e. The summed E-state index contributed by atoms with van der Waals surface area (Å²) in [5.41, 5.74) is 14.6. The van der Waals surface area contributed by atoms with Crippen LogP contribution in [0.2, 0.25) is 0 Å². The number of aromatic nitrogens is 2. The molecule has 5 aromatic carbocycles. The predicted molar refractivity (Wildman–Crippen MR) is 191 cm³/mol. The Bertz CT molecular complexity index is 2300. The van der Waals surface area contributed by atoms with Crippen LogP contribution in [0.1, 0.15) is 29.9 Å². The molecule has 6 aromatic rings. The average Bonchev–Trinajstić information content (AvgIpc) is 3.51. The summed E-state index contributed by atoms with van der Waals surface area (Å²) in [6.07, 6.45) is 2.10. The monoisotopic (exact) mass is 665 g/mol. The van der Waals surface area contributed by atoms with E-state index in [2.05, 4.69) is 45.9 Å². The number of piperidine rings is 1. The number of hydrogen-bond acceptors (Lipinski definition) is 7. The lowest BCUT2D eigenvalue weighted by molar-refractivity contribution is 0.204. The first-order chi connectivity index (χ1) is 23.8. The minimum Gasteiger partial charge on any atom is -0.399 e. The molecule has 3 heterocycles. The van der Waals surface area contributed by atoms with Gasteiger partial charge in [-0.25, -0.2) is 23.2 Å². The normalized spacial score (nSPS) is 15.1. The van der Waals surface area contributed by atoms with Crippen LogP contribution in [0.25, 0.3) is 33.5 Å². The van der Waals surface area contributed by atoms with Crippen molar-refractivity contribution in [3.05, 3.63) is 126 Å². The maximum atomic E-state index is 13.4. The van der Waals surface area contributed by atoms with Gasteiger partial charge in [-0.1, -0.05) is 60.7 Å². The van der Waals surface area contributed by atoms with Crippen molar-refractivity contribution in [2.75, 3.05) is 24.1 Å². The van der Waals surface area contributed by atoms with Crippen molar-refractivity contribution in [2.45, 2.75) is 35.1 Å². The molecule has 2 aliphatic rings. The van der Waals surface area contributed by atoms with Gasteiger partial charge in [-0.05, 0) is 97.6 Å². The number of benzene rings is 5. The molecule has 243 valence electrons. The minimum absolute atomic E-state index is 0.149. The van der Waals surface area contributed by atoms with Gasteiger partial charge in [0.2, 0.25) is 9.84 Å². The Balaban J connectivity index is 1.03. The summed E-state index contributed by atoms with van der Waals surface area (Å²) in [7, 11) is -3.77. The molecule has 0 spiro atoms. The smallest absolute Gasteiger partial charge is 0.346 e. The molecule has 1 aromatic heterocycles. The second-order valence-electron chi connectivity index (χ2n) is 12.6. The van der Waals surface area contributed by atoms with Gasteiger partial charge < -0.3 is 11.1 Å². The first-order valence-electron chi connectivity index (χ1n) is 16.3. The van der Waals surface area contributed by atoms with Crippen LogP contribution in [0.15, 0.2) is 125 Å². The number of carbonyl (C=O) groups is 1. The first kappa shape index (κ1) is 30.7. The van der Waals surface area contributed by atoms with Crippen LogP contribution in [-0.2, 0) is 16.4 Å². The van der Waals surface area contributed by atoms with Crippen molar-refractivity contribution in [3.8, 4) is 22.5 Å². The van der Waals surface area contributed by atoms with Crippen LogP contribution in [0.3, 0.4) is 0 Å². The number of nitrogens with two attached hydrogens (primary N) is 1. The number of urea groups is 1. The molecule has 0 saturated carbocycles. The topological polar surface area (TPSA) is 132 Å². The number of anilines is 2. The molecule has 0 atom stereocenters. The minimum atomic E-state index is -3.77. The van der Waals surface area contributed by atoms with E-state index in [1.54, 1.807) is 30.3 Å². The molecule has 49 heavy (non-hydrogen) atoms. The summed E-state index contributed by atoms with van der Waals surface area (Å²) < 4.78 is 26.9. The zero-order chi connectivity index (χ0) is 33.5. The molecule has 1 saturated heterocycles. The number of sulfone groups is 1.